The fourth-order valence-corrected chi connectivity index (χ4v) is 7.01. The van der Waals surface area contributed by atoms with E-state index in [2.05, 4.69) is 37.4 Å². The molecule has 0 aliphatic rings. The van der Waals surface area contributed by atoms with Crippen molar-refractivity contribution in [1.29, 1.82) is 0 Å². The minimum atomic E-state index is -1.96. The Labute approximate surface area is 127 Å². The number of aliphatic carboxylic acids is 1. The predicted molar refractivity (Wildman–Crippen MR) is 89.5 cm³/mol. The van der Waals surface area contributed by atoms with E-state index >= 15 is 0 Å². The molecule has 0 fully saturated rings. The van der Waals surface area contributed by atoms with Crippen molar-refractivity contribution in [3.8, 4) is 0 Å². The molecule has 1 N–H and O–H groups in total. The van der Waals surface area contributed by atoms with Gasteiger partial charge in [0.2, 0.25) is 0 Å². The Morgan fingerprint density at radius 1 is 0.952 bits per heavy atom. The van der Waals surface area contributed by atoms with Crippen molar-refractivity contribution in [2.24, 2.45) is 5.92 Å². The maximum absolute atomic E-state index is 11.6. The highest BCUT2D eigenvalue weighted by atomic mass is 28.3. The van der Waals surface area contributed by atoms with E-state index in [1.54, 1.807) is 0 Å². The van der Waals surface area contributed by atoms with Gasteiger partial charge >= 0.3 is 5.97 Å². The summed E-state index contributed by atoms with van der Waals surface area (Å²) in [5, 5.41) is 10.8. The lowest BCUT2D eigenvalue weighted by Crippen LogP contribution is -2.51. The molecule has 110 valence electrons. The molecule has 2 rings (SSSR count). The number of benzene rings is 2. The van der Waals surface area contributed by atoms with Gasteiger partial charge in [0.1, 0.15) is 0 Å². The molecule has 21 heavy (non-hydrogen) atoms. The molecule has 0 aliphatic heterocycles. The molecule has 0 aromatic heterocycles. The smallest absolute Gasteiger partial charge is 0.306 e. The molecule has 2 aromatic rings. The second-order valence-corrected chi connectivity index (χ2v) is 10.7. The number of carboxylic acid groups (broad SMARTS) is 1. The first-order valence-corrected chi connectivity index (χ1v) is 10.4. The van der Waals surface area contributed by atoms with Crippen molar-refractivity contribution in [3.63, 3.8) is 0 Å². The van der Waals surface area contributed by atoms with E-state index in [1.165, 1.54) is 5.19 Å². The summed E-state index contributed by atoms with van der Waals surface area (Å²) in [5.74, 6) is -1.12. The van der Waals surface area contributed by atoms with Crippen LogP contribution in [0, 0.1) is 5.92 Å². The summed E-state index contributed by atoms with van der Waals surface area (Å²) < 4.78 is 0. The van der Waals surface area contributed by atoms with E-state index < -0.39 is 20.0 Å². The lowest BCUT2D eigenvalue weighted by molar-refractivity contribution is -0.141. The minimum Gasteiger partial charge on any atom is -0.481 e. The highest BCUT2D eigenvalue weighted by Crippen LogP contribution is 2.34. The van der Waals surface area contributed by atoms with Crippen LogP contribution in [0.3, 0.4) is 0 Å². The van der Waals surface area contributed by atoms with Gasteiger partial charge in [0.15, 0.2) is 0 Å². The first-order valence-electron chi connectivity index (χ1n) is 7.28. The zero-order valence-corrected chi connectivity index (χ0v) is 13.8. The van der Waals surface area contributed by atoms with Crippen molar-refractivity contribution in [3.05, 3.63) is 66.2 Å². The van der Waals surface area contributed by atoms with Crippen LogP contribution in [0.1, 0.15) is 18.0 Å². The highest BCUT2D eigenvalue weighted by molar-refractivity contribution is 6.91. The molecule has 0 saturated heterocycles. The van der Waals surface area contributed by atoms with Gasteiger partial charge in [0.05, 0.1) is 14.0 Å². The second-order valence-electron chi connectivity index (χ2n) is 6.10. The second kappa shape index (κ2) is 6.27. The van der Waals surface area contributed by atoms with Gasteiger partial charge in [0, 0.05) is 0 Å². The Morgan fingerprint density at radius 3 is 1.90 bits per heavy atom. The van der Waals surface area contributed by atoms with Crippen molar-refractivity contribution in [1.82, 2.24) is 0 Å². The van der Waals surface area contributed by atoms with E-state index in [1.807, 2.05) is 43.3 Å². The maximum atomic E-state index is 11.6. The summed E-state index contributed by atoms with van der Waals surface area (Å²) in [7, 11) is -1.96. The van der Waals surface area contributed by atoms with Crippen LogP contribution in [-0.2, 0) is 4.79 Å². The van der Waals surface area contributed by atoms with Crippen LogP contribution < -0.4 is 5.19 Å². The largest absolute Gasteiger partial charge is 0.481 e. The predicted octanol–water partition coefficient (Wildman–Crippen LogP) is 3.65. The Kier molecular flexibility index (Phi) is 4.63. The molecular weight excluding hydrogens is 276 g/mol. The lowest BCUT2D eigenvalue weighted by atomic mass is 10.0. The normalized spacial score (nSPS) is 14.4. The number of rotatable bonds is 5. The SMILES string of the molecule is C[C@@H](C(=O)O)[C@H](c1ccccc1)[Si](C)(C)c1ccccc1. The molecule has 2 atom stereocenters. The Balaban J connectivity index is 2.52. The number of carbonyl (C=O) groups is 1. The summed E-state index contributed by atoms with van der Waals surface area (Å²) in [6.07, 6.45) is 0. The summed E-state index contributed by atoms with van der Waals surface area (Å²) in [6, 6.07) is 20.4. The van der Waals surface area contributed by atoms with E-state index in [0.29, 0.717) is 0 Å². The standard InChI is InChI=1S/C18H22O2Si/c1-14(18(19)20)17(15-10-6-4-7-11-15)21(2,3)16-12-8-5-9-13-16/h4-14,17H,1-3H3,(H,19,20)/t14-,17-/m1/s1. The summed E-state index contributed by atoms with van der Waals surface area (Å²) in [6.45, 7) is 6.36. The van der Waals surface area contributed by atoms with Gasteiger partial charge in [-0.05, 0) is 11.1 Å². The van der Waals surface area contributed by atoms with Crippen LogP contribution in [0.4, 0.5) is 0 Å². The van der Waals surface area contributed by atoms with E-state index in [0.717, 1.165) is 5.56 Å². The van der Waals surface area contributed by atoms with Crippen LogP contribution in [0.5, 0.6) is 0 Å². The molecule has 0 radical (unpaired) electrons. The van der Waals surface area contributed by atoms with Gasteiger partial charge in [-0.15, -0.1) is 0 Å². The number of hydrogen-bond acceptors (Lipinski definition) is 1. The van der Waals surface area contributed by atoms with Crippen LogP contribution in [0.15, 0.2) is 60.7 Å². The van der Waals surface area contributed by atoms with Gasteiger partial charge in [-0.1, -0.05) is 85.9 Å². The average Bonchev–Trinajstić information content (AvgIpc) is 2.49. The Hall–Kier alpha value is -1.87. The van der Waals surface area contributed by atoms with Crippen molar-refractivity contribution in [2.45, 2.75) is 25.6 Å². The fourth-order valence-electron chi connectivity index (χ4n) is 3.18. The monoisotopic (exact) mass is 298 g/mol. The zero-order valence-electron chi connectivity index (χ0n) is 12.8. The van der Waals surface area contributed by atoms with E-state index in [-0.39, 0.29) is 5.54 Å². The van der Waals surface area contributed by atoms with Gasteiger partial charge in [0.25, 0.3) is 0 Å². The van der Waals surface area contributed by atoms with E-state index in [9.17, 15) is 9.90 Å². The molecule has 0 aliphatic carbocycles. The van der Waals surface area contributed by atoms with Crippen molar-refractivity contribution < 1.29 is 9.90 Å². The third-order valence-corrected chi connectivity index (χ3v) is 8.55. The third kappa shape index (κ3) is 3.24. The molecule has 2 aromatic carbocycles. The molecule has 0 amide bonds. The maximum Gasteiger partial charge on any atom is 0.306 e. The molecule has 3 heteroatoms. The summed E-state index contributed by atoms with van der Waals surface area (Å²) in [4.78, 5) is 11.6. The van der Waals surface area contributed by atoms with Gasteiger partial charge in [-0.2, -0.15) is 0 Å². The van der Waals surface area contributed by atoms with Gasteiger partial charge in [-0.3, -0.25) is 4.79 Å². The van der Waals surface area contributed by atoms with Crippen LogP contribution in [0.2, 0.25) is 13.1 Å². The van der Waals surface area contributed by atoms with Crippen LogP contribution in [0.25, 0.3) is 0 Å². The van der Waals surface area contributed by atoms with Crippen LogP contribution in [-0.4, -0.2) is 19.1 Å². The molecule has 0 spiro atoms. The minimum absolute atomic E-state index is 0.0543. The molecule has 0 heterocycles. The molecule has 0 bridgehead atoms. The van der Waals surface area contributed by atoms with Crippen molar-refractivity contribution >= 4 is 19.2 Å². The van der Waals surface area contributed by atoms with Gasteiger partial charge < -0.3 is 5.11 Å². The quantitative estimate of drug-likeness (QED) is 0.856. The molecule has 0 saturated carbocycles. The first-order chi connectivity index (χ1) is 9.94. The summed E-state index contributed by atoms with van der Waals surface area (Å²) in [5.41, 5.74) is 1.19. The average molecular weight is 298 g/mol. The lowest BCUT2D eigenvalue weighted by Gasteiger charge is -2.36. The number of hydrogen-bond donors (Lipinski definition) is 1. The van der Waals surface area contributed by atoms with Crippen molar-refractivity contribution in [2.75, 3.05) is 0 Å². The number of carboxylic acids is 1. The Morgan fingerprint density at radius 2 is 1.43 bits per heavy atom. The summed E-state index contributed by atoms with van der Waals surface area (Å²) >= 11 is 0. The molecule has 2 nitrogen and oxygen atoms in total. The van der Waals surface area contributed by atoms with E-state index in [4.69, 9.17) is 0 Å². The molecule has 0 unspecified atom stereocenters. The Bertz CT molecular complexity index is 593. The van der Waals surface area contributed by atoms with Gasteiger partial charge in [-0.25, -0.2) is 0 Å². The third-order valence-electron chi connectivity index (χ3n) is 4.34. The first kappa shape index (κ1) is 15.5. The zero-order chi connectivity index (χ0) is 15.5. The van der Waals surface area contributed by atoms with Crippen LogP contribution >= 0.6 is 0 Å². The molecular formula is C18H22O2Si. The topological polar surface area (TPSA) is 37.3 Å². The fraction of sp³-hybridized carbons (Fsp3) is 0.278. The highest BCUT2D eigenvalue weighted by Gasteiger charge is 2.40.